The van der Waals surface area contributed by atoms with Crippen molar-refractivity contribution in [2.24, 2.45) is 0 Å². The van der Waals surface area contributed by atoms with Gasteiger partial charge in [-0.25, -0.2) is 4.39 Å². The molecule has 1 atom stereocenters. The van der Waals surface area contributed by atoms with Crippen molar-refractivity contribution < 1.29 is 13.5 Å². The van der Waals surface area contributed by atoms with Crippen LogP contribution in [-0.4, -0.2) is 43.5 Å². The van der Waals surface area contributed by atoms with Crippen LogP contribution in [0.4, 0.5) is 14.5 Å². The van der Waals surface area contributed by atoms with Crippen LogP contribution in [0.25, 0.3) is 11.1 Å². The fraction of sp³-hybridized carbons (Fsp3) is 0.300. The first-order valence-corrected chi connectivity index (χ1v) is 13.0. The van der Waals surface area contributed by atoms with E-state index in [1.807, 2.05) is 43.3 Å². The van der Waals surface area contributed by atoms with Crippen molar-refractivity contribution in [3.63, 3.8) is 0 Å². The van der Waals surface area contributed by atoms with Crippen molar-refractivity contribution in [1.29, 1.82) is 5.41 Å². The number of nitrogens with zero attached hydrogens (tertiary/aromatic N) is 1. The molecule has 7 heteroatoms. The fourth-order valence-corrected chi connectivity index (χ4v) is 5.16. The first kappa shape index (κ1) is 26.8. The number of ether oxygens (including phenoxy) is 1. The molecule has 1 heterocycles. The van der Waals surface area contributed by atoms with Gasteiger partial charge in [0.2, 0.25) is 0 Å². The number of likely N-dealkylation sites (tertiary alicyclic amines) is 1. The summed E-state index contributed by atoms with van der Waals surface area (Å²) in [4.78, 5) is 2.24. The molecule has 0 saturated carbocycles. The molecular formula is C30H32ClF2N3O. The van der Waals surface area contributed by atoms with Gasteiger partial charge in [0.25, 0.3) is 0 Å². The summed E-state index contributed by atoms with van der Waals surface area (Å²) in [6.07, 6.45) is 3.44. The quantitative estimate of drug-likeness (QED) is 0.167. The lowest BCUT2D eigenvalue weighted by atomic mass is 9.87. The minimum absolute atomic E-state index is 0.0805. The molecule has 0 spiro atoms. The Bertz CT molecular complexity index is 1280. The fourth-order valence-electron chi connectivity index (χ4n) is 4.88. The zero-order valence-corrected chi connectivity index (χ0v) is 21.7. The van der Waals surface area contributed by atoms with E-state index in [0.717, 1.165) is 59.6 Å². The number of alkyl halides is 1. The number of halogens is 3. The largest absolute Gasteiger partial charge is 0.489 e. The Balaban J connectivity index is 1.71. The maximum atomic E-state index is 13.8. The molecule has 0 amide bonds. The number of allylic oxidation sites excluding steroid dienone is 1. The van der Waals surface area contributed by atoms with Gasteiger partial charge in [0.15, 0.2) is 0 Å². The summed E-state index contributed by atoms with van der Waals surface area (Å²) in [5, 5.41) is 8.11. The van der Waals surface area contributed by atoms with Gasteiger partial charge < -0.3 is 15.9 Å². The van der Waals surface area contributed by atoms with Gasteiger partial charge in [-0.1, -0.05) is 42.8 Å². The summed E-state index contributed by atoms with van der Waals surface area (Å²) in [5.74, 6) is 0.386. The average Bonchev–Trinajstić information content (AvgIpc) is 3.35. The van der Waals surface area contributed by atoms with Gasteiger partial charge in [0, 0.05) is 37.1 Å². The highest BCUT2D eigenvalue weighted by Crippen LogP contribution is 2.38. The summed E-state index contributed by atoms with van der Waals surface area (Å²) in [5.41, 5.74) is 11.7. The zero-order chi connectivity index (χ0) is 26.4. The zero-order valence-electron chi connectivity index (χ0n) is 20.9. The second-order valence-electron chi connectivity index (χ2n) is 9.22. The second-order valence-corrected chi connectivity index (χ2v) is 9.62. The van der Waals surface area contributed by atoms with Crippen molar-refractivity contribution in [3.8, 4) is 5.75 Å². The Morgan fingerprint density at radius 2 is 1.89 bits per heavy atom. The van der Waals surface area contributed by atoms with E-state index >= 15 is 0 Å². The summed E-state index contributed by atoms with van der Waals surface area (Å²) < 4.78 is 32.6. The van der Waals surface area contributed by atoms with Crippen LogP contribution in [0.1, 0.15) is 48.4 Å². The van der Waals surface area contributed by atoms with E-state index in [1.54, 1.807) is 12.1 Å². The molecule has 0 aliphatic carbocycles. The summed E-state index contributed by atoms with van der Waals surface area (Å²) in [6, 6.07) is 18.0. The number of nitrogen functional groups attached to an aromatic ring is 1. The number of anilines is 1. The Kier molecular flexibility index (Phi) is 8.95. The summed E-state index contributed by atoms with van der Waals surface area (Å²) in [7, 11) is 0. The first-order valence-electron chi connectivity index (χ1n) is 12.6. The van der Waals surface area contributed by atoms with Gasteiger partial charge in [-0.05, 0) is 83.5 Å². The third-order valence-electron chi connectivity index (χ3n) is 6.73. The smallest absolute Gasteiger partial charge is 0.124 e. The molecule has 1 aliphatic heterocycles. The van der Waals surface area contributed by atoms with Gasteiger partial charge in [0.05, 0.1) is 11.7 Å². The average molecular weight is 524 g/mol. The molecule has 4 nitrogen and oxygen atoms in total. The minimum atomic E-state index is -0.388. The molecule has 0 bridgehead atoms. The lowest BCUT2D eigenvalue weighted by Crippen LogP contribution is -2.26. The van der Waals surface area contributed by atoms with Crippen LogP contribution in [0.15, 0.2) is 60.7 Å². The molecule has 1 saturated heterocycles. The lowest BCUT2D eigenvalue weighted by molar-refractivity contribution is 0.198. The molecule has 1 aliphatic rings. The predicted octanol–water partition coefficient (Wildman–Crippen LogP) is 7.24. The molecule has 0 radical (unpaired) electrons. The Labute approximate surface area is 222 Å². The summed E-state index contributed by atoms with van der Waals surface area (Å²) in [6.45, 7) is 4.22. The third kappa shape index (κ3) is 6.38. The first-order chi connectivity index (χ1) is 17.9. The van der Waals surface area contributed by atoms with Crippen LogP contribution in [0.3, 0.4) is 0 Å². The molecule has 3 aromatic carbocycles. The van der Waals surface area contributed by atoms with Gasteiger partial charge in [0.1, 0.15) is 17.7 Å². The number of hydrogen-bond donors (Lipinski definition) is 2. The van der Waals surface area contributed by atoms with Gasteiger partial charge in [-0.15, -0.1) is 0 Å². The number of benzene rings is 3. The van der Waals surface area contributed by atoms with E-state index in [-0.39, 0.29) is 18.6 Å². The monoisotopic (exact) mass is 523 g/mol. The van der Waals surface area contributed by atoms with Crippen LogP contribution in [0.2, 0.25) is 5.02 Å². The maximum absolute atomic E-state index is 13.8. The highest BCUT2D eigenvalue weighted by molar-refractivity contribution is 6.32. The number of nitrogens with two attached hydrogens (primary N) is 1. The van der Waals surface area contributed by atoms with Gasteiger partial charge in [-0.2, -0.15) is 0 Å². The Morgan fingerprint density at radius 3 is 2.57 bits per heavy atom. The van der Waals surface area contributed by atoms with Crippen molar-refractivity contribution >= 4 is 34.6 Å². The summed E-state index contributed by atoms with van der Waals surface area (Å²) >= 11 is 6.49. The predicted molar refractivity (Wildman–Crippen MR) is 149 cm³/mol. The van der Waals surface area contributed by atoms with Crippen LogP contribution in [-0.2, 0) is 0 Å². The van der Waals surface area contributed by atoms with Crippen LogP contribution in [0.5, 0.6) is 5.75 Å². The van der Waals surface area contributed by atoms with E-state index < -0.39 is 0 Å². The minimum Gasteiger partial charge on any atom is -0.489 e. The highest BCUT2D eigenvalue weighted by Gasteiger charge is 2.24. The standard InChI is InChI=1S/C30H32ClF2N3O/c1-2-26(27-10-7-23(33)17-28(27)31)30(21-6-11-29(35)22(16-21)18-34)20-4-8-24(9-5-20)37-25-12-15-36(19-25)14-3-13-32/h4-11,16-18,25,34H,2-3,12-15,19,35H2,1H3/b30-26+,34-18?. The van der Waals surface area contributed by atoms with Crippen molar-refractivity contribution in [3.05, 3.63) is 93.8 Å². The third-order valence-corrected chi connectivity index (χ3v) is 7.04. The van der Waals surface area contributed by atoms with Crippen LogP contribution in [0, 0.1) is 11.2 Å². The second kappa shape index (κ2) is 12.3. The lowest BCUT2D eigenvalue weighted by Gasteiger charge is -2.19. The molecule has 37 heavy (non-hydrogen) atoms. The van der Waals surface area contributed by atoms with Gasteiger partial charge >= 0.3 is 0 Å². The highest BCUT2D eigenvalue weighted by atomic mass is 35.5. The van der Waals surface area contributed by atoms with Gasteiger partial charge in [-0.3, -0.25) is 9.29 Å². The van der Waals surface area contributed by atoms with Crippen molar-refractivity contribution in [1.82, 2.24) is 4.90 Å². The Hall–Kier alpha value is -3.22. The van der Waals surface area contributed by atoms with Crippen molar-refractivity contribution in [2.75, 3.05) is 32.0 Å². The maximum Gasteiger partial charge on any atom is 0.124 e. The van der Waals surface area contributed by atoms with E-state index in [2.05, 4.69) is 4.90 Å². The number of rotatable bonds is 10. The van der Waals surface area contributed by atoms with Crippen molar-refractivity contribution in [2.45, 2.75) is 32.3 Å². The Morgan fingerprint density at radius 1 is 1.14 bits per heavy atom. The molecular weight excluding hydrogens is 492 g/mol. The van der Waals surface area contributed by atoms with E-state index in [1.165, 1.54) is 18.3 Å². The number of hydrogen-bond acceptors (Lipinski definition) is 4. The van der Waals surface area contributed by atoms with Crippen LogP contribution < -0.4 is 10.5 Å². The molecule has 194 valence electrons. The molecule has 1 fully saturated rings. The topological polar surface area (TPSA) is 62.3 Å². The molecule has 0 aromatic heterocycles. The van der Waals surface area contributed by atoms with Crippen LogP contribution >= 0.6 is 11.6 Å². The number of nitrogens with one attached hydrogen (secondary N) is 1. The normalized spacial score (nSPS) is 16.5. The molecule has 4 rings (SSSR count). The van der Waals surface area contributed by atoms with E-state index in [4.69, 9.17) is 27.5 Å². The molecule has 3 N–H and O–H groups in total. The van der Waals surface area contributed by atoms with E-state index in [9.17, 15) is 8.78 Å². The SMILES string of the molecule is CC/C(=C(/c1ccc(OC2CCN(CCCF)C2)cc1)c1ccc(N)c(C=N)c1)c1ccc(F)cc1Cl. The molecule has 1 unspecified atom stereocenters. The van der Waals surface area contributed by atoms with E-state index in [0.29, 0.717) is 29.1 Å². The molecule has 3 aromatic rings.